The van der Waals surface area contributed by atoms with Gasteiger partial charge in [-0.25, -0.2) is 0 Å². The minimum absolute atomic E-state index is 0.0161. The molecule has 2 aliphatic rings. The lowest BCUT2D eigenvalue weighted by Gasteiger charge is -2.45. The summed E-state index contributed by atoms with van der Waals surface area (Å²) < 4.78 is 10.4. The SMILES string of the molecule is CCOC(=O)CCC1(O)CCCC12CCOCC2. The van der Waals surface area contributed by atoms with Gasteiger partial charge >= 0.3 is 5.97 Å². The lowest BCUT2D eigenvalue weighted by molar-refractivity contribution is -0.149. The normalized spacial score (nSPS) is 30.6. The van der Waals surface area contributed by atoms with Crippen LogP contribution in [0.3, 0.4) is 0 Å². The Kier molecular flexibility index (Phi) is 4.28. The van der Waals surface area contributed by atoms with Crippen molar-refractivity contribution in [3.63, 3.8) is 0 Å². The van der Waals surface area contributed by atoms with E-state index in [0.717, 1.165) is 45.3 Å². The first-order valence-electron chi connectivity index (χ1n) is 7.08. The Morgan fingerprint density at radius 1 is 1.28 bits per heavy atom. The van der Waals surface area contributed by atoms with Gasteiger partial charge in [0.05, 0.1) is 12.2 Å². The second-order valence-electron chi connectivity index (χ2n) is 5.58. The monoisotopic (exact) mass is 256 g/mol. The van der Waals surface area contributed by atoms with Crippen molar-refractivity contribution in [3.8, 4) is 0 Å². The zero-order valence-corrected chi connectivity index (χ0v) is 11.2. The van der Waals surface area contributed by atoms with Gasteiger partial charge in [-0.1, -0.05) is 0 Å². The molecular formula is C14H24O4. The first kappa shape index (κ1) is 13.8. The Morgan fingerprint density at radius 2 is 2.00 bits per heavy atom. The molecule has 0 aromatic rings. The summed E-state index contributed by atoms with van der Waals surface area (Å²) in [4.78, 5) is 11.5. The highest BCUT2D eigenvalue weighted by atomic mass is 16.5. The van der Waals surface area contributed by atoms with E-state index in [1.807, 2.05) is 6.92 Å². The lowest BCUT2D eigenvalue weighted by Crippen LogP contribution is -2.47. The van der Waals surface area contributed by atoms with E-state index in [0.29, 0.717) is 19.4 Å². The molecule has 0 amide bonds. The quantitative estimate of drug-likeness (QED) is 0.782. The smallest absolute Gasteiger partial charge is 0.305 e. The average molecular weight is 256 g/mol. The number of esters is 1. The second-order valence-corrected chi connectivity index (χ2v) is 5.58. The van der Waals surface area contributed by atoms with Crippen molar-refractivity contribution in [2.45, 2.75) is 57.5 Å². The molecule has 104 valence electrons. The summed E-state index contributed by atoms with van der Waals surface area (Å²) in [6.45, 7) is 3.70. The Hall–Kier alpha value is -0.610. The molecule has 4 nitrogen and oxygen atoms in total. The van der Waals surface area contributed by atoms with Gasteiger partial charge < -0.3 is 14.6 Å². The fourth-order valence-electron chi connectivity index (χ4n) is 3.63. The fraction of sp³-hybridized carbons (Fsp3) is 0.929. The fourth-order valence-corrected chi connectivity index (χ4v) is 3.63. The van der Waals surface area contributed by atoms with E-state index in [4.69, 9.17) is 9.47 Å². The van der Waals surface area contributed by atoms with E-state index < -0.39 is 5.60 Å². The third kappa shape index (κ3) is 2.54. The largest absolute Gasteiger partial charge is 0.466 e. The van der Waals surface area contributed by atoms with Crippen LogP contribution in [0.2, 0.25) is 0 Å². The topological polar surface area (TPSA) is 55.8 Å². The summed E-state index contributed by atoms with van der Waals surface area (Å²) in [7, 11) is 0. The van der Waals surface area contributed by atoms with E-state index in [9.17, 15) is 9.90 Å². The third-order valence-corrected chi connectivity index (χ3v) is 4.73. The molecule has 0 radical (unpaired) electrons. The van der Waals surface area contributed by atoms with Crippen LogP contribution in [-0.2, 0) is 14.3 Å². The maximum absolute atomic E-state index is 11.5. The highest BCUT2D eigenvalue weighted by molar-refractivity contribution is 5.69. The van der Waals surface area contributed by atoms with Crippen LogP contribution in [0.5, 0.6) is 0 Å². The van der Waals surface area contributed by atoms with E-state index in [1.54, 1.807) is 0 Å². The van der Waals surface area contributed by atoms with Gasteiger partial charge in [0, 0.05) is 25.0 Å². The zero-order chi connectivity index (χ0) is 13.1. The van der Waals surface area contributed by atoms with Crippen molar-refractivity contribution in [1.82, 2.24) is 0 Å². The molecular weight excluding hydrogens is 232 g/mol. The van der Waals surface area contributed by atoms with Crippen LogP contribution in [0.1, 0.15) is 51.9 Å². The van der Waals surface area contributed by atoms with Crippen LogP contribution >= 0.6 is 0 Å². The molecule has 1 aliphatic heterocycles. The van der Waals surface area contributed by atoms with Crippen molar-refractivity contribution < 1.29 is 19.4 Å². The molecule has 1 saturated heterocycles. The molecule has 1 unspecified atom stereocenters. The minimum Gasteiger partial charge on any atom is -0.466 e. The second kappa shape index (κ2) is 5.57. The van der Waals surface area contributed by atoms with E-state index >= 15 is 0 Å². The number of ether oxygens (including phenoxy) is 2. The molecule has 18 heavy (non-hydrogen) atoms. The Balaban J connectivity index is 1.97. The number of rotatable bonds is 4. The third-order valence-electron chi connectivity index (χ3n) is 4.73. The summed E-state index contributed by atoms with van der Waals surface area (Å²) >= 11 is 0. The van der Waals surface area contributed by atoms with Crippen LogP contribution in [0.25, 0.3) is 0 Å². The molecule has 1 heterocycles. The Labute approximate surface area is 109 Å². The van der Waals surface area contributed by atoms with Gasteiger partial charge in [0.1, 0.15) is 0 Å². The first-order chi connectivity index (χ1) is 8.62. The molecule has 1 N–H and O–H groups in total. The van der Waals surface area contributed by atoms with Crippen molar-refractivity contribution in [3.05, 3.63) is 0 Å². The Morgan fingerprint density at radius 3 is 2.67 bits per heavy atom. The number of carbonyl (C=O) groups excluding carboxylic acids is 1. The lowest BCUT2D eigenvalue weighted by atomic mass is 9.67. The van der Waals surface area contributed by atoms with Gasteiger partial charge in [-0.3, -0.25) is 4.79 Å². The molecule has 0 aromatic carbocycles. The van der Waals surface area contributed by atoms with Gasteiger partial charge in [0.25, 0.3) is 0 Å². The zero-order valence-electron chi connectivity index (χ0n) is 11.2. The van der Waals surface area contributed by atoms with Crippen molar-refractivity contribution >= 4 is 5.97 Å². The predicted molar refractivity (Wildman–Crippen MR) is 67.2 cm³/mol. The van der Waals surface area contributed by atoms with Crippen LogP contribution in [0.15, 0.2) is 0 Å². The van der Waals surface area contributed by atoms with E-state index in [2.05, 4.69) is 0 Å². The maximum Gasteiger partial charge on any atom is 0.305 e. The molecule has 2 rings (SSSR count). The van der Waals surface area contributed by atoms with Gasteiger partial charge in [0.15, 0.2) is 0 Å². The van der Waals surface area contributed by atoms with Gasteiger partial charge in [-0.15, -0.1) is 0 Å². The van der Waals surface area contributed by atoms with Crippen LogP contribution in [-0.4, -0.2) is 36.5 Å². The predicted octanol–water partition coefficient (Wildman–Crippen LogP) is 2.04. The van der Waals surface area contributed by atoms with Crippen LogP contribution in [0, 0.1) is 5.41 Å². The Bertz CT molecular complexity index is 296. The highest BCUT2D eigenvalue weighted by Crippen LogP contribution is 2.54. The summed E-state index contributed by atoms with van der Waals surface area (Å²) in [6, 6.07) is 0. The highest BCUT2D eigenvalue weighted by Gasteiger charge is 2.53. The number of carbonyl (C=O) groups is 1. The standard InChI is InChI=1S/C14H24O4/c1-2-18-12(15)4-7-14(16)6-3-5-13(14)8-10-17-11-9-13/h16H,2-11H2,1H3. The molecule has 0 bridgehead atoms. The van der Waals surface area contributed by atoms with Gasteiger partial charge in [-0.2, -0.15) is 0 Å². The number of hydrogen-bond acceptors (Lipinski definition) is 4. The van der Waals surface area contributed by atoms with Crippen molar-refractivity contribution in [1.29, 1.82) is 0 Å². The molecule has 1 aliphatic carbocycles. The van der Waals surface area contributed by atoms with Gasteiger partial charge in [0.2, 0.25) is 0 Å². The number of aliphatic hydroxyl groups is 1. The summed E-state index contributed by atoms with van der Waals surface area (Å²) in [5.74, 6) is -0.194. The maximum atomic E-state index is 11.5. The molecule has 4 heteroatoms. The van der Waals surface area contributed by atoms with Crippen molar-refractivity contribution in [2.75, 3.05) is 19.8 Å². The molecule has 2 fully saturated rings. The van der Waals surface area contributed by atoms with E-state index in [1.165, 1.54) is 0 Å². The first-order valence-corrected chi connectivity index (χ1v) is 7.08. The van der Waals surface area contributed by atoms with E-state index in [-0.39, 0.29) is 11.4 Å². The number of hydrogen-bond donors (Lipinski definition) is 1. The molecule has 1 saturated carbocycles. The van der Waals surface area contributed by atoms with Crippen molar-refractivity contribution in [2.24, 2.45) is 5.41 Å². The summed E-state index contributed by atoms with van der Waals surface area (Å²) in [5.41, 5.74) is -0.707. The molecule has 1 atom stereocenters. The van der Waals surface area contributed by atoms with Crippen LogP contribution < -0.4 is 0 Å². The minimum atomic E-state index is -0.691. The molecule has 1 spiro atoms. The van der Waals surface area contributed by atoms with Crippen LogP contribution in [0.4, 0.5) is 0 Å². The molecule has 0 aromatic heterocycles. The summed E-state index contributed by atoms with van der Waals surface area (Å²) in [5, 5.41) is 10.9. The average Bonchev–Trinajstić information content (AvgIpc) is 2.66. The summed E-state index contributed by atoms with van der Waals surface area (Å²) in [6.07, 6.45) is 5.64. The van der Waals surface area contributed by atoms with Gasteiger partial charge in [-0.05, 0) is 45.4 Å².